The fourth-order valence-corrected chi connectivity index (χ4v) is 7.57. The lowest BCUT2D eigenvalue weighted by Gasteiger charge is -2.46. The Balaban J connectivity index is 1.30. The van der Waals surface area contributed by atoms with Gasteiger partial charge < -0.3 is 9.80 Å². The molecule has 3 fully saturated rings. The van der Waals surface area contributed by atoms with Crippen LogP contribution in [0.2, 0.25) is 5.02 Å². The second-order valence-corrected chi connectivity index (χ2v) is 12.7. The van der Waals surface area contributed by atoms with E-state index >= 15 is 0 Å². The molecule has 2 aliphatic heterocycles. The minimum absolute atomic E-state index is 0.0114. The summed E-state index contributed by atoms with van der Waals surface area (Å²) >= 11 is 6.28. The molecule has 0 bridgehead atoms. The van der Waals surface area contributed by atoms with Crippen LogP contribution in [0.4, 0.5) is 4.39 Å². The average Bonchev–Trinajstić information content (AvgIpc) is 2.96. The predicted molar refractivity (Wildman–Crippen MR) is 158 cm³/mol. The van der Waals surface area contributed by atoms with Gasteiger partial charge in [-0.3, -0.25) is 9.69 Å². The van der Waals surface area contributed by atoms with E-state index in [2.05, 4.69) is 41.8 Å². The number of hydrogen-bond acceptors (Lipinski definition) is 3. The van der Waals surface area contributed by atoms with E-state index in [4.69, 9.17) is 11.6 Å². The Kier molecular flexibility index (Phi) is 9.31. The molecule has 1 atom stereocenters. The zero-order valence-electron chi connectivity index (χ0n) is 23.9. The van der Waals surface area contributed by atoms with Crippen molar-refractivity contribution < 1.29 is 9.18 Å². The molecule has 2 aromatic rings. The van der Waals surface area contributed by atoms with E-state index < -0.39 is 5.82 Å². The maximum atomic E-state index is 14.5. The van der Waals surface area contributed by atoms with Gasteiger partial charge in [0.25, 0.3) is 0 Å². The van der Waals surface area contributed by atoms with E-state index in [0.717, 1.165) is 51.5 Å². The summed E-state index contributed by atoms with van der Waals surface area (Å²) in [5, 5.41) is 0.327. The first-order valence-electron chi connectivity index (χ1n) is 15.1. The summed E-state index contributed by atoms with van der Waals surface area (Å²) in [4.78, 5) is 20.9. The van der Waals surface area contributed by atoms with Crippen LogP contribution in [0.15, 0.2) is 36.4 Å². The average molecular weight is 554 g/mol. The van der Waals surface area contributed by atoms with Crippen molar-refractivity contribution in [2.45, 2.75) is 83.1 Å². The number of nitrogens with zero attached hydrogens (tertiary/aromatic N) is 3. The van der Waals surface area contributed by atoms with Crippen LogP contribution in [0.1, 0.15) is 73.6 Å². The third-order valence-electron chi connectivity index (χ3n) is 9.69. The Morgan fingerprint density at radius 3 is 2.51 bits per heavy atom. The summed E-state index contributed by atoms with van der Waals surface area (Å²) in [5.41, 5.74) is 4.16. The van der Waals surface area contributed by atoms with Crippen LogP contribution in [0, 0.1) is 19.7 Å². The number of likely N-dealkylation sites (tertiary alicyclic amines) is 1. The van der Waals surface area contributed by atoms with E-state index in [9.17, 15) is 9.18 Å². The summed E-state index contributed by atoms with van der Waals surface area (Å²) in [5.74, 6) is -0.432. The molecule has 0 N–H and O–H groups in total. The predicted octanol–water partition coefficient (Wildman–Crippen LogP) is 6.54. The molecule has 2 heterocycles. The molecule has 5 rings (SSSR count). The fourth-order valence-electron chi connectivity index (χ4n) is 7.35. The van der Waals surface area contributed by atoms with Gasteiger partial charge in [0.1, 0.15) is 5.82 Å². The van der Waals surface area contributed by atoms with Gasteiger partial charge in [-0.25, -0.2) is 4.39 Å². The number of piperidine rings is 1. The smallest absolute Gasteiger partial charge is 0.227 e. The van der Waals surface area contributed by atoms with Crippen molar-refractivity contribution in [3.05, 3.63) is 69.5 Å². The molecule has 1 saturated carbocycles. The minimum Gasteiger partial charge on any atom is -0.342 e. The van der Waals surface area contributed by atoms with Crippen LogP contribution in [0.3, 0.4) is 0 Å². The van der Waals surface area contributed by atoms with Gasteiger partial charge in [-0.2, -0.15) is 0 Å². The Hall–Kier alpha value is -1.95. The molecule has 1 amide bonds. The standard InChI is InChI=1S/C33H45ClFN3O/c1-25-12-13-26(2)29(22-25)33(15-17-36-18-20-37(21-19-36)27-8-4-3-5-9-27)14-7-16-38(24-33)32(39)23-28-30(34)10-6-11-31(28)35/h6,10-13,22,27H,3-5,7-9,14-21,23-24H2,1-2H3/t33-/m1/s1. The van der Waals surface area contributed by atoms with Crippen molar-refractivity contribution in [3.63, 3.8) is 0 Å². The van der Waals surface area contributed by atoms with Crippen LogP contribution in [-0.2, 0) is 16.6 Å². The lowest BCUT2D eigenvalue weighted by molar-refractivity contribution is -0.133. The first-order valence-corrected chi connectivity index (χ1v) is 15.5. The molecule has 0 radical (unpaired) electrons. The van der Waals surface area contributed by atoms with Crippen LogP contribution in [-0.4, -0.2) is 72.5 Å². The normalized spacial score (nSPS) is 23.7. The van der Waals surface area contributed by atoms with Gasteiger partial charge in [-0.05, 0) is 75.8 Å². The Labute approximate surface area is 239 Å². The van der Waals surface area contributed by atoms with Gasteiger partial charge in [-0.1, -0.05) is 60.7 Å². The Morgan fingerprint density at radius 2 is 1.77 bits per heavy atom. The number of rotatable bonds is 7. The van der Waals surface area contributed by atoms with Gasteiger partial charge >= 0.3 is 0 Å². The van der Waals surface area contributed by atoms with Crippen molar-refractivity contribution in [2.75, 3.05) is 45.8 Å². The van der Waals surface area contributed by atoms with Gasteiger partial charge in [0.2, 0.25) is 5.91 Å². The number of carbonyl (C=O) groups excluding carboxylic acids is 1. The van der Waals surface area contributed by atoms with Gasteiger partial charge in [-0.15, -0.1) is 0 Å². The topological polar surface area (TPSA) is 26.8 Å². The van der Waals surface area contributed by atoms with Crippen LogP contribution in [0.25, 0.3) is 0 Å². The van der Waals surface area contributed by atoms with E-state index in [1.807, 2.05) is 4.90 Å². The molecule has 0 spiro atoms. The maximum Gasteiger partial charge on any atom is 0.227 e. The van der Waals surface area contributed by atoms with Gasteiger partial charge in [0.05, 0.1) is 6.42 Å². The third kappa shape index (κ3) is 6.69. The van der Waals surface area contributed by atoms with Gasteiger partial charge in [0, 0.05) is 61.3 Å². The Morgan fingerprint density at radius 1 is 1.00 bits per heavy atom. The van der Waals surface area contributed by atoms with Crippen molar-refractivity contribution in [1.29, 1.82) is 0 Å². The quantitative estimate of drug-likeness (QED) is 0.389. The number of hydrogen-bond donors (Lipinski definition) is 0. The fraction of sp³-hybridized carbons (Fsp3) is 0.606. The first-order chi connectivity index (χ1) is 18.8. The van der Waals surface area contributed by atoms with E-state index in [0.29, 0.717) is 17.1 Å². The monoisotopic (exact) mass is 553 g/mol. The molecular formula is C33H45ClFN3O. The molecule has 3 aliphatic rings. The lowest BCUT2D eigenvalue weighted by atomic mass is 9.69. The summed E-state index contributed by atoms with van der Waals surface area (Å²) < 4.78 is 14.5. The number of aryl methyl sites for hydroxylation is 2. The molecule has 39 heavy (non-hydrogen) atoms. The number of carbonyl (C=O) groups is 1. The summed E-state index contributed by atoms with van der Waals surface area (Å²) in [6, 6.07) is 12.2. The highest BCUT2D eigenvalue weighted by atomic mass is 35.5. The largest absolute Gasteiger partial charge is 0.342 e. The number of amides is 1. The van der Waals surface area contributed by atoms with Crippen molar-refractivity contribution >= 4 is 17.5 Å². The summed E-state index contributed by atoms with van der Waals surface area (Å²) in [6.45, 7) is 11.4. The SMILES string of the molecule is Cc1ccc(C)c([C@@]2(CCN3CCN(C4CCCCC4)CC3)CCCN(C(=O)Cc3c(F)cccc3Cl)C2)c1. The maximum absolute atomic E-state index is 14.5. The second kappa shape index (κ2) is 12.7. The Bertz CT molecular complexity index is 1120. The molecule has 1 aliphatic carbocycles. The first kappa shape index (κ1) is 28.6. The molecule has 4 nitrogen and oxygen atoms in total. The second-order valence-electron chi connectivity index (χ2n) is 12.3. The van der Waals surface area contributed by atoms with Crippen LogP contribution in [0.5, 0.6) is 0 Å². The third-order valence-corrected chi connectivity index (χ3v) is 10.0. The number of benzene rings is 2. The lowest BCUT2D eigenvalue weighted by Crippen LogP contribution is -2.53. The highest BCUT2D eigenvalue weighted by molar-refractivity contribution is 6.31. The van der Waals surface area contributed by atoms with Crippen LogP contribution < -0.4 is 0 Å². The van der Waals surface area contributed by atoms with Crippen molar-refractivity contribution in [3.8, 4) is 0 Å². The van der Waals surface area contributed by atoms with Crippen molar-refractivity contribution in [2.24, 2.45) is 0 Å². The minimum atomic E-state index is -0.402. The summed E-state index contributed by atoms with van der Waals surface area (Å²) in [7, 11) is 0. The molecular weight excluding hydrogens is 509 g/mol. The van der Waals surface area contributed by atoms with E-state index in [1.165, 1.54) is 68.0 Å². The molecule has 0 aromatic heterocycles. The zero-order chi connectivity index (χ0) is 27.4. The molecule has 6 heteroatoms. The highest BCUT2D eigenvalue weighted by Gasteiger charge is 2.40. The summed E-state index contributed by atoms with van der Waals surface area (Å²) in [6.07, 6.45) is 10.0. The highest BCUT2D eigenvalue weighted by Crippen LogP contribution is 2.40. The number of halogens is 2. The molecule has 2 aromatic carbocycles. The number of piperazine rings is 1. The zero-order valence-corrected chi connectivity index (χ0v) is 24.6. The van der Waals surface area contributed by atoms with E-state index in [-0.39, 0.29) is 17.7 Å². The molecule has 212 valence electrons. The molecule has 2 saturated heterocycles. The molecule has 0 unspecified atom stereocenters. The van der Waals surface area contributed by atoms with Crippen LogP contribution >= 0.6 is 11.6 Å². The van der Waals surface area contributed by atoms with Gasteiger partial charge in [0.15, 0.2) is 0 Å². The van der Waals surface area contributed by atoms with Crippen molar-refractivity contribution in [1.82, 2.24) is 14.7 Å². The van der Waals surface area contributed by atoms with E-state index in [1.54, 1.807) is 12.1 Å².